The number of carbonyl (C=O) groups excluding carboxylic acids is 1. The fourth-order valence-corrected chi connectivity index (χ4v) is 1.53. The van der Waals surface area contributed by atoms with Gasteiger partial charge in [0, 0.05) is 18.5 Å². The smallest absolute Gasteiger partial charge is 0.335 e. The highest BCUT2D eigenvalue weighted by Crippen LogP contribution is 2.24. The number of phenolic OH excluding ortho intramolecular Hbond substituents is 1. The summed E-state index contributed by atoms with van der Waals surface area (Å²) in [6.07, 6.45) is 0.230. The van der Waals surface area contributed by atoms with Gasteiger partial charge in [-0.3, -0.25) is 4.79 Å². The SMILES string of the molecule is CC(C)(C)NCCC(=O)Nc1cc(C(=O)O)ccc1O. The van der Waals surface area contributed by atoms with E-state index < -0.39 is 5.97 Å². The summed E-state index contributed by atoms with van der Waals surface area (Å²) in [6.45, 7) is 6.47. The first-order valence-corrected chi connectivity index (χ1v) is 6.30. The van der Waals surface area contributed by atoms with Crippen LogP contribution in [0.4, 0.5) is 5.69 Å². The topological polar surface area (TPSA) is 98.7 Å². The third-order valence-corrected chi connectivity index (χ3v) is 2.52. The number of carbonyl (C=O) groups is 2. The van der Waals surface area contributed by atoms with Crippen molar-refractivity contribution in [2.45, 2.75) is 32.7 Å². The van der Waals surface area contributed by atoms with Gasteiger partial charge in [-0.05, 0) is 39.0 Å². The van der Waals surface area contributed by atoms with Crippen LogP contribution in [0.25, 0.3) is 0 Å². The lowest BCUT2D eigenvalue weighted by Gasteiger charge is -2.20. The van der Waals surface area contributed by atoms with Crippen LogP contribution >= 0.6 is 0 Å². The maximum absolute atomic E-state index is 11.7. The first-order chi connectivity index (χ1) is 9.19. The van der Waals surface area contributed by atoms with Crippen molar-refractivity contribution >= 4 is 17.6 Å². The number of carboxylic acid groups (broad SMARTS) is 1. The van der Waals surface area contributed by atoms with Crippen LogP contribution < -0.4 is 10.6 Å². The van der Waals surface area contributed by atoms with Gasteiger partial charge in [-0.15, -0.1) is 0 Å². The van der Waals surface area contributed by atoms with E-state index in [4.69, 9.17) is 5.11 Å². The second-order valence-electron chi connectivity index (χ2n) is 5.51. The van der Waals surface area contributed by atoms with E-state index in [1.807, 2.05) is 20.8 Å². The molecule has 0 fully saturated rings. The van der Waals surface area contributed by atoms with Crippen molar-refractivity contribution in [3.8, 4) is 5.75 Å². The Morgan fingerprint density at radius 3 is 2.45 bits per heavy atom. The lowest BCUT2D eigenvalue weighted by molar-refractivity contribution is -0.116. The maximum Gasteiger partial charge on any atom is 0.335 e. The molecule has 0 saturated carbocycles. The number of rotatable bonds is 5. The summed E-state index contributed by atoms with van der Waals surface area (Å²) in [7, 11) is 0. The van der Waals surface area contributed by atoms with Gasteiger partial charge in [-0.25, -0.2) is 4.79 Å². The van der Waals surface area contributed by atoms with Gasteiger partial charge in [0.25, 0.3) is 0 Å². The van der Waals surface area contributed by atoms with Crippen LogP contribution in [0, 0.1) is 0 Å². The Bertz CT molecular complexity index is 506. The largest absolute Gasteiger partial charge is 0.506 e. The summed E-state index contributed by atoms with van der Waals surface area (Å²) in [4.78, 5) is 22.6. The Kier molecular flexibility index (Phi) is 5.10. The average Bonchev–Trinajstić information content (AvgIpc) is 2.30. The summed E-state index contributed by atoms with van der Waals surface area (Å²) >= 11 is 0. The lowest BCUT2D eigenvalue weighted by atomic mass is 10.1. The van der Waals surface area contributed by atoms with Gasteiger partial charge < -0.3 is 20.8 Å². The molecule has 0 unspecified atom stereocenters. The first-order valence-electron chi connectivity index (χ1n) is 6.30. The molecule has 1 amide bonds. The predicted octanol–water partition coefficient (Wildman–Crippen LogP) is 1.81. The van der Waals surface area contributed by atoms with Gasteiger partial charge in [0.05, 0.1) is 11.3 Å². The van der Waals surface area contributed by atoms with Crippen LogP contribution in [0.3, 0.4) is 0 Å². The van der Waals surface area contributed by atoms with Crippen LogP contribution in [0.2, 0.25) is 0 Å². The minimum Gasteiger partial charge on any atom is -0.506 e. The molecule has 0 aliphatic carbocycles. The van der Waals surface area contributed by atoms with Gasteiger partial charge in [-0.1, -0.05) is 0 Å². The Hall–Kier alpha value is -2.08. The second-order valence-corrected chi connectivity index (χ2v) is 5.51. The fourth-order valence-electron chi connectivity index (χ4n) is 1.53. The van der Waals surface area contributed by atoms with Crippen LogP contribution in [-0.2, 0) is 4.79 Å². The van der Waals surface area contributed by atoms with E-state index in [1.54, 1.807) is 0 Å². The average molecular weight is 280 g/mol. The van der Waals surface area contributed by atoms with E-state index in [-0.39, 0.29) is 34.9 Å². The molecule has 6 nitrogen and oxygen atoms in total. The molecule has 0 aromatic heterocycles. The highest BCUT2D eigenvalue weighted by molar-refractivity contribution is 5.95. The van der Waals surface area contributed by atoms with Crippen LogP contribution in [0.5, 0.6) is 5.75 Å². The molecule has 0 radical (unpaired) electrons. The maximum atomic E-state index is 11.7. The monoisotopic (exact) mass is 280 g/mol. The summed E-state index contributed by atoms with van der Waals surface area (Å²) in [6, 6.07) is 3.74. The highest BCUT2D eigenvalue weighted by atomic mass is 16.4. The van der Waals surface area contributed by atoms with Gasteiger partial charge in [0.1, 0.15) is 5.75 Å². The number of aromatic hydroxyl groups is 1. The zero-order chi connectivity index (χ0) is 15.3. The molecule has 0 heterocycles. The fraction of sp³-hybridized carbons (Fsp3) is 0.429. The molecule has 1 aromatic rings. The standard InChI is InChI=1S/C14H20N2O4/c1-14(2,3)15-7-6-12(18)16-10-8-9(13(19)20)4-5-11(10)17/h4-5,8,15,17H,6-7H2,1-3H3,(H,16,18)(H,19,20). The van der Waals surface area contributed by atoms with Gasteiger partial charge in [-0.2, -0.15) is 0 Å². The number of hydrogen-bond acceptors (Lipinski definition) is 4. The molecule has 1 aromatic carbocycles. The number of phenols is 1. The molecule has 0 bridgehead atoms. The molecular formula is C14H20N2O4. The molecule has 4 N–H and O–H groups in total. The van der Waals surface area contributed by atoms with Crippen molar-refractivity contribution in [2.24, 2.45) is 0 Å². The number of nitrogens with one attached hydrogen (secondary N) is 2. The summed E-state index contributed by atoms with van der Waals surface area (Å²) in [5.74, 6) is -1.57. The number of aromatic carboxylic acids is 1. The third kappa shape index (κ3) is 5.27. The molecule has 20 heavy (non-hydrogen) atoms. The van der Waals surface area contributed by atoms with Gasteiger partial charge in [0.15, 0.2) is 0 Å². The minimum absolute atomic E-state index is 0.00548. The van der Waals surface area contributed by atoms with E-state index in [2.05, 4.69) is 10.6 Å². The van der Waals surface area contributed by atoms with Crippen molar-refractivity contribution in [3.63, 3.8) is 0 Å². The molecule has 0 aliphatic rings. The Morgan fingerprint density at radius 1 is 1.25 bits per heavy atom. The molecule has 110 valence electrons. The van der Waals surface area contributed by atoms with Crippen LogP contribution in [0.1, 0.15) is 37.6 Å². The zero-order valence-electron chi connectivity index (χ0n) is 11.9. The van der Waals surface area contributed by atoms with Crippen molar-refractivity contribution in [1.29, 1.82) is 0 Å². The highest BCUT2D eigenvalue weighted by Gasteiger charge is 2.12. The third-order valence-electron chi connectivity index (χ3n) is 2.52. The van der Waals surface area contributed by atoms with Crippen molar-refractivity contribution in [2.75, 3.05) is 11.9 Å². The summed E-state index contributed by atoms with van der Waals surface area (Å²) < 4.78 is 0. The lowest BCUT2D eigenvalue weighted by Crippen LogP contribution is -2.37. The molecule has 0 saturated heterocycles. The molecular weight excluding hydrogens is 260 g/mol. The van der Waals surface area contributed by atoms with Crippen molar-refractivity contribution in [1.82, 2.24) is 5.32 Å². The van der Waals surface area contributed by atoms with E-state index in [0.29, 0.717) is 6.54 Å². The Balaban J connectivity index is 2.62. The molecule has 6 heteroatoms. The van der Waals surface area contributed by atoms with Crippen LogP contribution in [0.15, 0.2) is 18.2 Å². The van der Waals surface area contributed by atoms with E-state index in [1.165, 1.54) is 18.2 Å². The first kappa shape index (κ1) is 16.0. The van der Waals surface area contributed by atoms with E-state index in [9.17, 15) is 14.7 Å². The van der Waals surface area contributed by atoms with E-state index >= 15 is 0 Å². The molecule has 0 aliphatic heterocycles. The molecule has 0 atom stereocenters. The minimum atomic E-state index is -1.12. The van der Waals surface area contributed by atoms with Gasteiger partial charge in [0.2, 0.25) is 5.91 Å². The quantitative estimate of drug-likeness (QED) is 0.616. The molecule has 0 spiro atoms. The van der Waals surface area contributed by atoms with E-state index in [0.717, 1.165) is 0 Å². The van der Waals surface area contributed by atoms with Crippen LogP contribution in [-0.4, -0.2) is 34.2 Å². The summed E-state index contributed by atoms with van der Waals surface area (Å²) in [5, 5.41) is 24.1. The molecule has 1 rings (SSSR count). The number of benzene rings is 1. The van der Waals surface area contributed by atoms with Crippen molar-refractivity contribution < 1.29 is 19.8 Å². The zero-order valence-corrected chi connectivity index (χ0v) is 11.9. The number of amides is 1. The predicted molar refractivity (Wildman–Crippen MR) is 76.1 cm³/mol. The number of carboxylic acids is 1. The number of anilines is 1. The number of hydrogen-bond donors (Lipinski definition) is 4. The Labute approximate surface area is 117 Å². The second kappa shape index (κ2) is 6.38. The normalized spacial score (nSPS) is 11.2. The van der Waals surface area contributed by atoms with Gasteiger partial charge >= 0.3 is 5.97 Å². The Morgan fingerprint density at radius 2 is 1.90 bits per heavy atom. The summed E-state index contributed by atoms with van der Waals surface area (Å²) in [5.41, 5.74) is 0.0302. The van der Waals surface area contributed by atoms with Crippen molar-refractivity contribution in [3.05, 3.63) is 23.8 Å².